The zero-order valence-electron chi connectivity index (χ0n) is 13.3. The maximum Gasteiger partial charge on any atom is 0.232 e. The molecule has 3 aromatic heterocycles. The third-order valence-corrected chi connectivity index (χ3v) is 4.51. The summed E-state index contributed by atoms with van der Waals surface area (Å²) in [5.41, 5.74) is 7.92. The van der Waals surface area contributed by atoms with Crippen LogP contribution in [-0.4, -0.2) is 31.9 Å². The molecule has 7 nitrogen and oxygen atoms in total. The first-order chi connectivity index (χ1) is 12.2. The number of fused-ring (bicyclic) bond motifs is 2. The molecule has 1 fully saturated rings. The van der Waals surface area contributed by atoms with E-state index in [0.29, 0.717) is 22.9 Å². The Morgan fingerprint density at radius 2 is 2.08 bits per heavy atom. The summed E-state index contributed by atoms with van der Waals surface area (Å²) in [7, 11) is 0. The molecule has 0 radical (unpaired) electrons. The van der Waals surface area contributed by atoms with E-state index >= 15 is 0 Å². The van der Waals surface area contributed by atoms with Crippen LogP contribution in [0.1, 0.15) is 12.8 Å². The first-order valence-electron chi connectivity index (χ1n) is 8.16. The maximum atomic E-state index is 9.61. The van der Waals surface area contributed by atoms with Gasteiger partial charge in [-0.1, -0.05) is 0 Å². The molecule has 1 aromatic carbocycles. The number of phenols is 1. The molecule has 0 saturated heterocycles. The van der Waals surface area contributed by atoms with E-state index in [1.807, 2.05) is 18.2 Å². The summed E-state index contributed by atoms with van der Waals surface area (Å²) in [5, 5.41) is 15.0. The lowest BCUT2D eigenvalue weighted by Crippen LogP contribution is -2.43. The zero-order chi connectivity index (χ0) is 17.0. The van der Waals surface area contributed by atoms with Gasteiger partial charge in [-0.3, -0.25) is 0 Å². The normalized spacial score (nSPS) is 20.0. The molecule has 0 amide bonds. The summed E-state index contributed by atoms with van der Waals surface area (Å²) in [6.45, 7) is 0. The molecule has 3 N–H and O–H groups in total. The fourth-order valence-electron chi connectivity index (χ4n) is 3.12. The second-order valence-corrected chi connectivity index (χ2v) is 6.39. The molecule has 5 rings (SSSR count). The molecule has 1 aliphatic rings. The molecule has 0 spiro atoms. The summed E-state index contributed by atoms with van der Waals surface area (Å²) in [6.07, 6.45) is 3.54. The predicted octanol–water partition coefficient (Wildman–Crippen LogP) is 2.72. The largest absolute Gasteiger partial charge is 0.508 e. The monoisotopic (exact) mass is 336 g/mol. The van der Waals surface area contributed by atoms with Crippen molar-refractivity contribution in [3.63, 3.8) is 0 Å². The molecular formula is C18H16N4O3. The minimum atomic E-state index is 0.126. The molecule has 1 saturated carbocycles. The quantitative estimate of drug-likeness (QED) is 0.597. The van der Waals surface area contributed by atoms with Crippen molar-refractivity contribution in [3.05, 3.63) is 42.6 Å². The van der Waals surface area contributed by atoms with E-state index in [9.17, 15) is 5.11 Å². The Hall–Kier alpha value is -3.06. The van der Waals surface area contributed by atoms with Crippen molar-refractivity contribution in [3.8, 4) is 23.1 Å². The van der Waals surface area contributed by atoms with Crippen LogP contribution in [0, 0.1) is 0 Å². The van der Waals surface area contributed by atoms with Crippen molar-refractivity contribution in [1.82, 2.24) is 14.6 Å². The molecule has 0 bridgehead atoms. The number of rotatable bonds is 3. The molecule has 3 heterocycles. The summed E-state index contributed by atoms with van der Waals surface area (Å²) in [6, 6.07) is 10.7. The fraction of sp³-hybridized carbons (Fsp3) is 0.222. The number of nitrogens with two attached hydrogens (primary N) is 1. The van der Waals surface area contributed by atoms with E-state index in [0.717, 1.165) is 23.9 Å². The van der Waals surface area contributed by atoms with Gasteiger partial charge in [0.05, 0.1) is 6.20 Å². The first-order valence-corrected chi connectivity index (χ1v) is 8.16. The molecule has 7 heteroatoms. The van der Waals surface area contributed by atoms with Crippen molar-refractivity contribution in [2.75, 3.05) is 0 Å². The SMILES string of the molecule is NC1CC(Oc2ccc3ncc(-c4cc5cc(O)ccc5o4)n3n2)C1. The highest BCUT2D eigenvalue weighted by Crippen LogP contribution is 2.30. The van der Waals surface area contributed by atoms with Gasteiger partial charge in [-0.05, 0) is 43.2 Å². The van der Waals surface area contributed by atoms with E-state index in [1.54, 1.807) is 28.9 Å². The van der Waals surface area contributed by atoms with Gasteiger partial charge in [-0.25, -0.2) is 9.50 Å². The van der Waals surface area contributed by atoms with Crippen LogP contribution in [0.2, 0.25) is 0 Å². The lowest BCUT2D eigenvalue weighted by molar-refractivity contribution is 0.0944. The summed E-state index contributed by atoms with van der Waals surface area (Å²) >= 11 is 0. The lowest BCUT2D eigenvalue weighted by Gasteiger charge is -2.31. The van der Waals surface area contributed by atoms with Crippen molar-refractivity contribution >= 4 is 16.6 Å². The molecule has 4 aromatic rings. The van der Waals surface area contributed by atoms with Gasteiger partial charge in [0.15, 0.2) is 11.4 Å². The van der Waals surface area contributed by atoms with Gasteiger partial charge in [-0.15, -0.1) is 5.10 Å². The highest BCUT2D eigenvalue weighted by molar-refractivity contribution is 5.83. The van der Waals surface area contributed by atoms with Gasteiger partial charge in [0.1, 0.15) is 23.1 Å². The highest BCUT2D eigenvalue weighted by Gasteiger charge is 2.28. The minimum absolute atomic E-state index is 0.126. The van der Waals surface area contributed by atoms with Crippen LogP contribution >= 0.6 is 0 Å². The Morgan fingerprint density at radius 1 is 1.20 bits per heavy atom. The van der Waals surface area contributed by atoms with Crippen LogP contribution in [-0.2, 0) is 0 Å². The maximum absolute atomic E-state index is 9.61. The van der Waals surface area contributed by atoms with Crippen LogP contribution in [0.25, 0.3) is 28.1 Å². The number of nitrogens with zero attached hydrogens (tertiary/aromatic N) is 3. The molecule has 126 valence electrons. The third kappa shape index (κ3) is 2.40. The van der Waals surface area contributed by atoms with Crippen LogP contribution in [0.4, 0.5) is 0 Å². The number of aromatic nitrogens is 3. The predicted molar refractivity (Wildman–Crippen MR) is 91.5 cm³/mol. The Labute approximate surface area is 142 Å². The van der Waals surface area contributed by atoms with Gasteiger partial charge in [-0.2, -0.15) is 0 Å². The number of ether oxygens (including phenoxy) is 1. The number of aromatic hydroxyl groups is 1. The Morgan fingerprint density at radius 3 is 2.92 bits per heavy atom. The van der Waals surface area contributed by atoms with Gasteiger partial charge < -0.3 is 20.0 Å². The van der Waals surface area contributed by atoms with E-state index in [-0.39, 0.29) is 17.9 Å². The van der Waals surface area contributed by atoms with Gasteiger partial charge in [0.25, 0.3) is 0 Å². The standard InChI is InChI=1S/C18H16N4O3/c19-11-7-13(8-11)24-18-4-3-17-20-9-14(22(17)21-18)16-6-10-5-12(23)1-2-15(10)25-16/h1-6,9,11,13,23H,7-8,19H2. The Bertz CT molecular complexity index is 1080. The number of imidazole rings is 1. The average Bonchev–Trinajstić information content (AvgIpc) is 3.16. The molecule has 0 unspecified atom stereocenters. The Kier molecular flexibility index (Phi) is 2.98. The molecular weight excluding hydrogens is 320 g/mol. The topological polar surface area (TPSA) is 98.8 Å². The van der Waals surface area contributed by atoms with E-state index < -0.39 is 0 Å². The van der Waals surface area contributed by atoms with E-state index in [2.05, 4.69) is 10.1 Å². The van der Waals surface area contributed by atoms with Gasteiger partial charge >= 0.3 is 0 Å². The number of benzene rings is 1. The second kappa shape index (κ2) is 5.22. The van der Waals surface area contributed by atoms with E-state index in [4.69, 9.17) is 14.9 Å². The lowest BCUT2D eigenvalue weighted by atomic mass is 9.90. The van der Waals surface area contributed by atoms with Crippen molar-refractivity contribution in [2.45, 2.75) is 25.0 Å². The summed E-state index contributed by atoms with van der Waals surface area (Å²) in [4.78, 5) is 4.36. The van der Waals surface area contributed by atoms with Crippen LogP contribution in [0.5, 0.6) is 11.6 Å². The number of hydrogen-bond donors (Lipinski definition) is 2. The highest BCUT2D eigenvalue weighted by atomic mass is 16.5. The van der Waals surface area contributed by atoms with Crippen LogP contribution in [0.3, 0.4) is 0 Å². The van der Waals surface area contributed by atoms with Gasteiger partial charge in [0, 0.05) is 17.5 Å². The second-order valence-electron chi connectivity index (χ2n) is 6.39. The van der Waals surface area contributed by atoms with Crippen LogP contribution < -0.4 is 10.5 Å². The number of phenolic OH excluding ortho intramolecular Hbond substituents is 1. The molecule has 25 heavy (non-hydrogen) atoms. The van der Waals surface area contributed by atoms with E-state index in [1.165, 1.54) is 0 Å². The zero-order valence-corrected chi connectivity index (χ0v) is 13.3. The number of furan rings is 1. The van der Waals surface area contributed by atoms with Gasteiger partial charge in [0.2, 0.25) is 5.88 Å². The fourth-order valence-corrected chi connectivity index (χ4v) is 3.12. The molecule has 1 aliphatic carbocycles. The Balaban J connectivity index is 1.55. The third-order valence-electron chi connectivity index (χ3n) is 4.51. The van der Waals surface area contributed by atoms with Crippen molar-refractivity contribution in [2.24, 2.45) is 5.73 Å². The summed E-state index contributed by atoms with van der Waals surface area (Å²) in [5.74, 6) is 1.37. The minimum Gasteiger partial charge on any atom is -0.508 e. The summed E-state index contributed by atoms with van der Waals surface area (Å²) < 4.78 is 13.4. The average molecular weight is 336 g/mol. The first kappa shape index (κ1) is 14.3. The molecule has 0 atom stereocenters. The van der Waals surface area contributed by atoms with Crippen molar-refractivity contribution < 1.29 is 14.3 Å². The van der Waals surface area contributed by atoms with Crippen LogP contribution in [0.15, 0.2) is 47.0 Å². The smallest absolute Gasteiger partial charge is 0.232 e. The molecule has 0 aliphatic heterocycles. The number of hydrogen-bond acceptors (Lipinski definition) is 6. The van der Waals surface area contributed by atoms with Crippen molar-refractivity contribution in [1.29, 1.82) is 0 Å².